The molecule has 3 aromatic carbocycles. The summed E-state index contributed by atoms with van der Waals surface area (Å²) in [5.74, 6) is 1.28. The van der Waals surface area contributed by atoms with Gasteiger partial charge in [-0.15, -0.1) is 0 Å². The Hall–Kier alpha value is -3.72. The molecule has 1 saturated carbocycles. The first-order chi connectivity index (χ1) is 19.5. The molecule has 2 heterocycles. The third-order valence-electron chi connectivity index (χ3n) is 7.11. The Kier molecular flexibility index (Phi) is 8.73. The van der Waals surface area contributed by atoms with Crippen molar-refractivity contribution in [3.8, 4) is 34.0 Å². The van der Waals surface area contributed by atoms with E-state index < -0.39 is 5.76 Å². The van der Waals surface area contributed by atoms with Crippen LogP contribution in [0.15, 0.2) is 86.9 Å². The normalized spacial score (nSPS) is 12.6. The molecule has 9 heteroatoms. The van der Waals surface area contributed by atoms with Gasteiger partial charge in [0.2, 0.25) is 0 Å². The van der Waals surface area contributed by atoms with Gasteiger partial charge in [0, 0.05) is 17.5 Å². The van der Waals surface area contributed by atoms with Crippen molar-refractivity contribution in [3.05, 3.63) is 116 Å². The van der Waals surface area contributed by atoms with E-state index in [0.29, 0.717) is 29.7 Å². The van der Waals surface area contributed by atoms with Gasteiger partial charge in [0.25, 0.3) is 5.56 Å². The molecule has 5 aromatic rings. The fourth-order valence-corrected chi connectivity index (χ4v) is 4.99. The van der Waals surface area contributed by atoms with Crippen molar-refractivity contribution in [2.24, 2.45) is 0 Å². The summed E-state index contributed by atoms with van der Waals surface area (Å²) in [5.41, 5.74) is 5.94. The minimum atomic E-state index is -0.595. The van der Waals surface area contributed by atoms with Gasteiger partial charge in [0.15, 0.2) is 5.82 Å². The number of nitrogens with zero attached hydrogens (tertiary/aromatic N) is 3. The van der Waals surface area contributed by atoms with E-state index in [2.05, 4.69) is 17.1 Å². The van der Waals surface area contributed by atoms with Crippen LogP contribution in [0.25, 0.3) is 28.2 Å². The molecular formula is C32H31N4NaO4. The minimum absolute atomic E-state index is 0. The second-order valence-electron chi connectivity index (χ2n) is 10.1. The number of aryl methyl sites for hydroxylation is 2. The van der Waals surface area contributed by atoms with Crippen LogP contribution in [-0.4, -0.2) is 55.4 Å². The molecule has 0 aliphatic heterocycles. The molecule has 0 radical (unpaired) electrons. The van der Waals surface area contributed by atoms with Crippen molar-refractivity contribution in [2.75, 3.05) is 0 Å². The molecule has 0 bridgehead atoms. The molecule has 6 rings (SSSR count). The summed E-state index contributed by atoms with van der Waals surface area (Å²) in [6.07, 6.45) is 4.63. The van der Waals surface area contributed by atoms with E-state index in [0.717, 1.165) is 65.1 Å². The van der Waals surface area contributed by atoms with Crippen molar-refractivity contribution in [1.29, 1.82) is 0 Å². The third kappa shape index (κ3) is 6.30. The molecule has 1 aliphatic rings. The van der Waals surface area contributed by atoms with Gasteiger partial charge in [-0.2, -0.15) is 0 Å². The van der Waals surface area contributed by atoms with E-state index in [4.69, 9.17) is 14.2 Å². The number of rotatable bonds is 9. The van der Waals surface area contributed by atoms with E-state index in [1.165, 1.54) is 0 Å². The van der Waals surface area contributed by atoms with Gasteiger partial charge in [-0.3, -0.25) is 18.9 Å². The van der Waals surface area contributed by atoms with Crippen LogP contribution >= 0.6 is 0 Å². The van der Waals surface area contributed by atoms with E-state index >= 15 is 0 Å². The van der Waals surface area contributed by atoms with Crippen LogP contribution < -0.4 is 16.1 Å². The quantitative estimate of drug-likeness (QED) is 0.256. The molecule has 1 aliphatic carbocycles. The summed E-state index contributed by atoms with van der Waals surface area (Å²) in [4.78, 5) is 32.9. The van der Waals surface area contributed by atoms with Gasteiger partial charge in [0.05, 0.1) is 17.5 Å². The van der Waals surface area contributed by atoms with Crippen LogP contribution in [0.3, 0.4) is 0 Å². The van der Waals surface area contributed by atoms with Crippen molar-refractivity contribution >= 4 is 29.6 Å². The summed E-state index contributed by atoms with van der Waals surface area (Å²) < 4.78 is 12.3. The fourth-order valence-electron chi connectivity index (χ4n) is 4.99. The van der Waals surface area contributed by atoms with Gasteiger partial charge in [-0.1, -0.05) is 67.0 Å². The number of hydrogen-bond donors (Lipinski definition) is 1. The second-order valence-corrected chi connectivity index (χ2v) is 10.1. The molecule has 2 aromatic heterocycles. The van der Waals surface area contributed by atoms with Crippen molar-refractivity contribution in [3.63, 3.8) is 0 Å². The SMILES string of the molecule is CCCc1nc(C)n(-c2ccc(OC3CC3)cc2)c(=O)c1Cc1ccc(-c2ccccc2-c2noc(=O)[nH]2)cc1.[NaH]. The molecule has 0 unspecified atom stereocenters. The Labute approximate surface area is 259 Å². The molecule has 1 fully saturated rings. The summed E-state index contributed by atoms with van der Waals surface area (Å²) >= 11 is 0. The number of nitrogens with one attached hydrogen (secondary N) is 1. The Morgan fingerprint density at radius 2 is 1.68 bits per heavy atom. The number of ether oxygens (including phenoxy) is 1. The summed E-state index contributed by atoms with van der Waals surface area (Å²) in [5, 5.41) is 3.85. The number of hydrogen-bond acceptors (Lipinski definition) is 6. The maximum absolute atomic E-state index is 13.9. The number of benzene rings is 3. The Balaban J connectivity index is 0.00000337. The first kappa shape index (κ1) is 28.8. The molecule has 204 valence electrons. The molecule has 0 amide bonds. The Bertz CT molecular complexity index is 1770. The van der Waals surface area contributed by atoms with Gasteiger partial charge in [0.1, 0.15) is 11.6 Å². The van der Waals surface area contributed by atoms with Crippen LogP contribution in [0.1, 0.15) is 48.8 Å². The van der Waals surface area contributed by atoms with Crippen molar-refractivity contribution < 1.29 is 9.26 Å². The first-order valence-electron chi connectivity index (χ1n) is 13.6. The standard InChI is InChI=1S/C32H30N4O4.Na.H/c1-3-6-29-28(31(37)36(20(2)33-29)23-13-15-24(16-14-23)39-25-17-18-25)19-21-9-11-22(12-10-21)26-7-4-5-8-27(26)30-34-32(38)40-35-30;;/h4-5,7-16,25H,3,6,17-19H2,1-2H3,(H,34,35,38);;. The molecule has 1 N–H and O–H groups in total. The first-order valence-corrected chi connectivity index (χ1v) is 13.6. The molecule has 0 saturated heterocycles. The van der Waals surface area contributed by atoms with Gasteiger partial charge in [-0.05, 0) is 67.1 Å². The zero-order chi connectivity index (χ0) is 27.6. The average molecular weight is 559 g/mol. The summed E-state index contributed by atoms with van der Waals surface area (Å²) in [6, 6.07) is 23.5. The summed E-state index contributed by atoms with van der Waals surface area (Å²) in [7, 11) is 0. The molecule has 0 atom stereocenters. The number of aromatic nitrogens is 4. The topological polar surface area (TPSA) is 103 Å². The van der Waals surface area contributed by atoms with Gasteiger partial charge in [-0.25, -0.2) is 9.78 Å². The van der Waals surface area contributed by atoms with Crippen LogP contribution in [0.2, 0.25) is 0 Å². The predicted molar refractivity (Wildman–Crippen MR) is 160 cm³/mol. The number of H-pyrrole nitrogens is 1. The molecular weight excluding hydrogens is 527 g/mol. The van der Waals surface area contributed by atoms with E-state index in [1.807, 2.05) is 79.7 Å². The predicted octanol–water partition coefficient (Wildman–Crippen LogP) is 4.99. The van der Waals surface area contributed by atoms with Crippen LogP contribution in [0.4, 0.5) is 0 Å². The van der Waals surface area contributed by atoms with E-state index in [1.54, 1.807) is 4.57 Å². The Morgan fingerprint density at radius 1 is 0.976 bits per heavy atom. The molecule has 8 nitrogen and oxygen atoms in total. The average Bonchev–Trinajstić information content (AvgIpc) is 3.68. The zero-order valence-corrected chi connectivity index (χ0v) is 22.5. The summed E-state index contributed by atoms with van der Waals surface area (Å²) in [6.45, 7) is 3.98. The monoisotopic (exact) mass is 558 g/mol. The van der Waals surface area contributed by atoms with Gasteiger partial charge >= 0.3 is 35.3 Å². The van der Waals surface area contributed by atoms with Crippen molar-refractivity contribution in [1.82, 2.24) is 19.7 Å². The van der Waals surface area contributed by atoms with Gasteiger partial charge < -0.3 is 4.74 Å². The number of aromatic amines is 1. The van der Waals surface area contributed by atoms with Crippen LogP contribution in [-0.2, 0) is 12.8 Å². The van der Waals surface area contributed by atoms with E-state index in [-0.39, 0.29) is 35.1 Å². The molecule has 41 heavy (non-hydrogen) atoms. The fraction of sp³-hybridized carbons (Fsp3) is 0.250. The Morgan fingerprint density at radius 3 is 2.32 bits per heavy atom. The zero-order valence-electron chi connectivity index (χ0n) is 22.5. The molecule has 0 spiro atoms. The van der Waals surface area contributed by atoms with Crippen LogP contribution in [0, 0.1) is 6.92 Å². The van der Waals surface area contributed by atoms with Crippen molar-refractivity contribution in [2.45, 2.75) is 52.1 Å². The maximum atomic E-state index is 13.9. The van der Waals surface area contributed by atoms with Crippen LogP contribution in [0.5, 0.6) is 5.75 Å². The second kappa shape index (κ2) is 12.4. The third-order valence-corrected chi connectivity index (χ3v) is 7.11. The van der Waals surface area contributed by atoms with E-state index in [9.17, 15) is 9.59 Å².